The fourth-order valence-electron chi connectivity index (χ4n) is 0.224. The lowest BCUT2D eigenvalue weighted by Gasteiger charge is -1.85. The summed E-state index contributed by atoms with van der Waals surface area (Å²) in [7, 11) is -2.04. The Morgan fingerprint density at radius 3 is 1.50 bits per heavy atom. The molecule has 0 rings (SSSR count). The van der Waals surface area contributed by atoms with Gasteiger partial charge in [-0.05, 0) is 12.8 Å². The Balaban J connectivity index is 0. The van der Waals surface area contributed by atoms with Crippen molar-refractivity contribution in [2.24, 2.45) is 0 Å². The van der Waals surface area contributed by atoms with E-state index in [2.05, 4.69) is 4.18 Å². The zero-order valence-electron chi connectivity index (χ0n) is 7.36. The first-order chi connectivity index (χ1) is 5.47. The molecular weight excluding hydrogens is 184 g/mol. The second-order valence-corrected chi connectivity index (χ2v) is 3.77. The molecule has 2 N–H and O–H groups in total. The molecule has 6 heteroatoms. The summed E-state index contributed by atoms with van der Waals surface area (Å²) in [6.07, 6.45) is 2.43. The van der Waals surface area contributed by atoms with Crippen molar-refractivity contribution in [3.63, 3.8) is 0 Å². The molecule has 0 unspecified atom stereocenters. The van der Waals surface area contributed by atoms with E-state index >= 15 is 0 Å². The molecule has 0 saturated carbocycles. The first-order valence-electron chi connectivity index (χ1n) is 3.45. The van der Waals surface area contributed by atoms with Crippen LogP contribution in [-0.2, 0) is 14.3 Å². The summed E-state index contributed by atoms with van der Waals surface area (Å²) < 4.78 is 23.5. The van der Waals surface area contributed by atoms with Crippen LogP contribution in [0.25, 0.3) is 0 Å². The Hall–Kier alpha value is -0.170. The van der Waals surface area contributed by atoms with Gasteiger partial charge in [0, 0.05) is 13.2 Å². The van der Waals surface area contributed by atoms with Gasteiger partial charge in [0.05, 0.1) is 13.4 Å². The van der Waals surface area contributed by atoms with Gasteiger partial charge in [0.15, 0.2) is 0 Å². The number of aliphatic hydroxyl groups excluding tert-OH is 2. The van der Waals surface area contributed by atoms with Crippen molar-refractivity contribution in [3.8, 4) is 0 Å². The lowest BCUT2D eigenvalue weighted by atomic mass is 10.3. The molecule has 0 bridgehead atoms. The summed E-state index contributed by atoms with van der Waals surface area (Å²) in [5.41, 5.74) is 0. The maximum atomic E-state index is 9.78. The summed E-state index contributed by atoms with van der Waals surface area (Å²) in [5.74, 6) is 0. The van der Waals surface area contributed by atoms with Gasteiger partial charge in [0.25, 0.3) is 10.1 Å². The maximum absolute atomic E-state index is 9.78. The van der Waals surface area contributed by atoms with Crippen LogP contribution in [0.15, 0.2) is 0 Å². The molecule has 0 aliphatic heterocycles. The quantitative estimate of drug-likeness (QED) is 0.465. The first kappa shape index (κ1) is 14.4. The van der Waals surface area contributed by atoms with Crippen LogP contribution in [-0.4, -0.2) is 45.2 Å². The minimum absolute atomic E-state index is 0.195. The Bertz CT molecular complexity index is 159. The van der Waals surface area contributed by atoms with Gasteiger partial charge in [-0.25, -0.2) is 0 Å². The van der Waals surface area contributed by atoms with Gasteiger partial charge in [0.1, 0.15) is 0 Å². The topological polar surface area (TPSA) is 83.8 Å². The van der Waals surface area contributed by atoms with Crippen LogP contribution in [0.2, 0.25) is 0 Å². The molecule has 12 heavy (non-hydrogen) atoms. The summed E-state index contributed by atoms with van der Waals surface area (Å²) in [6, 6.07) is 0. The number of rotatable bonds is 4. The normalized spacial score (nSPS) is 10.3. The highest BCUT2D eigenvalue weighted by Crippen LogP contribution is 1.80. The van der Waals surface area contributed by atoms with Gasteiger partial charge in [-0.15, -0.1) is 0 Å². The molecule has 0 saturated heterocycles. The zero-order valence-corrected chi connectivity index (χ0v) is 8.17. The summed E-state index contributed by atoms with van der Waals surface area (Å²) in [4.78, 5) is 0. The van der Waals surface area contributed by atoms with Crippen molar-refractivity contribution < 1.29 is 22.8 Å². The SMILES string of the molecule is COS(C)(=O)=O.OCCCCO. The van der Waals surface area contributed by atoms with E-state index in [4.69, 9.17) is 10.2 Å². The average molecular weight is 200 g/mol. The van der Waals surface area contributed by atoms with E-state index in [1.165, 1.54) is 0 Å². The van der Waals surface area contributed by atoms with Crippen LogP contribution in [0.3, 0.4) is 0 Å². The molecular formula is C6H16O5S. The van der Waals surface area contributed by atoms with E-state index in [-0.39, 0.29) is 13.2 Å². The highest BCUT2D eigenvalue weighted by molar-refractivity contribution is 7.85. The van der Waals surface area contributed by atoms with Crippen molar-refractivity contribution in [1.29, 1.82) is 0 Å². The van der Waals surface area contributed by atoms with Gasteiger partial charge < -0.3 is 10.2 Å². The number of aliphatic hydroxyl groups is 2. The molecule has 0 aliphatic rings. The van der Waals surface area contributed by atoms with Gasteiger partial charge >= 0.3 is 0 Å². The average Bonchev–Trinajstić information content (AvgIpc) is 2.01. The lowest BCUT2D eigenvalue weighted by molar-refractivity contribution is 0.242. The van der Waals surface area contributed by atoms with Gasteiger partial charge in [-0.2, -0.15) is 8.42 Å². The Morgan fingerprint density at radius 1 is 1.17 bits per heavy atom. The van der Waals surface area contributed by atoms with Crippen LogP contribution in [0.1, 0.15) is 12.8 Å². The largest absolute Gasteiger partial charge is 0.396 e. The minimum Gasteiger partial charge on any atom is -0.396 e. The Kier molecular flexibility index (Phi) is 10.7. The van der Waals surface area contributed by atoms with Gasteiger partial charge in [-0.3, -0.25) is 4.18 Å². The van der Waals surface area contributed by atoms with Crippen LogP contribution in [0.4, 0.5) is 0 Å². The molecule has 0 aromatic heterocycles. The van der Waals surface area contributed by atoms with Crippen LogP contribution in [0.5, 0.6) is 0 Å². The van der Waals surface area contributed by atoms with E-state index in [1.807, 2.05) is 0 Å². The molecule has 0 amide bonds. The molecule has 0 aliphatic carbocycles. The van der Waals surface area contributed by atoms with E-state index in [1.54, 1.807) is 0 Å². The molecule has 5 nitrogen and oxygen atoms in total. The third-order valence-corrected chi connectivity index (χ3v) is 1.47. The molecule has 0 spiro atoms. The van der Waals surface area contributed by atoms with Crippen molar-refractivity contribution in [3.05, 3.63) is 0 Å². The smallest absolute Gasteiger partial charge is 0.264 e. The second kappa shape index (κ2) is 8.92. The Morgan fingerprint density at radius 2 is 1.42 bits per heavy atom. The molecule has 0 radical (unpaired) electrons. The van der Waals surface area contributed by atoms with Crippen molar-refractivity contribution in [1.82, 2.24) is 0 Å². The van der Waals surface area contributed by atoms with Gasteiger partial charge in [-0.1, -0.05) is 0 Å². The first-order valence-corrected chi connectivity index (χ1v) is 5.27. The monoisotopic (exact) mass is 200 g/mol. The highest BCUT2D eigenvalue weighted by Gasteiger charge is 1.90. The number of hydrogen-bond acceptors (Lipinski definition) is 5. The third-order valence-electron chi connectivity index (χ3n) is 0.869. The van der Waals surface area contributed by atoms with E-state index in [9.17, 15) is 8.42 Å². The maximum Gasteiger partial charge on any atom is 0.264 e. The van der Waals surface area contributed by atoms with E-state index in [0.29, 0.717) is 0 Å². The Labute approximate surface area is 73.1 Å². The fourth-order valence-corrected chi connectivity index (χ4v) is 0.224. The molecule has 0 heterocycles. The summed E-state index contributed by atoms with van der Waals surface area (Å²) >= 11 is 0. The third kappa shape index (κ3) is 22.5. The molecule has 76 valence electrons. The molecule has 0 aromatic rings. The standard InChI is InChI=1S/C4H10O2.C2H6O3S/c5-3-1-2-4-6;1-5-6(2,3)4/h5-6H,1-4H2;1-2H3. The summed E-state index contributed by atoms with van der Waals surface area (Å²) in [5, 5.41) is 16.2. The predicted octanol–water partition coefficient (Wildman–Crippen LogP) is -0.656. The van der Waals surface area contributed by atoms with E-state index < -0.39 is 10.1 Å². The van der Waals surface area contributed by atoms with Crippen LogP contribution < -0.4 is 0 Å². The van der Waals surface area contributed by atoms with Gasteiger partial charge in [0.2, 0.25) is 0 Å². The minimum atomic E-state index is -3.16. The number of hydrogen-bond donors (Lipinski definition) is 2. The predicted molar refractivity (Wildman–Crippen MR) is 45.3 cm³/mol. The lowest BCUT2D eigenvalue weighted by Crippen LogP contribution is -1.95. The molecule has 0 atom stereocenters. The van der Waals surface area contributed by atoms with E-state index in [0.717, 1.165) is 26.2 Å². The number of unbranched alkanes of at least 4 members (excludes halogenated alkanes) is 1. The highest BCUT2D eigenvalue weighted by atomic mass is 32.2. The van der Waals surface area contributed by atoms with Crippen LogP contribution in [0, 0.1) is 0 Å². The fraction of sp³-hybridized carbons (Fsp3) is 1.00. The van der Waals surface area contributed by atoms with Crippen molar-refractivity contribution in [2.75, 3.05) is 26.6 Å². The van der Waals surface area contributed by atoms with Crippen molar-refractivity contribution >= 4 is 10.1 Å². The molecule has 0 aromatic carbocycles. The zero-order chi connectivity index (χ0) is 10.0. The molecule has 0 fully saturated rings. The second-order valence-electron chi connectivity index (χ2n) is 2.03. The summed E-state index contributed by atoms with van der Waals surface area (Å²) in [6.45, 7) is 0.390. The van der Waals surface area contributed by atoms with Crippen LogP contribution >= 0.6 is 0 Å². The van der Waals surface area contributed by atoms with Crippen molar-refractivity contribution in [2.45, 2.75) is 12.8 Å².